The van der Waals surface area contributed by atoms with Crippen molar-refractivity contribution in [2.24, 2.45) is 11.6 Å². The Bertz CT molecular complexity index is 366. The molecule has 0 bridgehead atoms. The third kappa shape index (κ3) is 3.97. The lowest BCUT2D eigenvalue weighted by atomic mass is 10.2. The van der Waals surface area contributed by atoms with Crippen LogP contribution in [-0.4, -0.2) is 23.5 Å². The van der Waals surface area contributed by atoms with Gasteiger partial charge in [-0.2, -0.15) is 0 Å². The molecule has 1 aromatic rings. The molecule has 6 heteroatoms. The lowest BCUT2D eigenvalue weighted by Crippen LogP contribution is -2.46. The Morgan fingerprint density at radius 1 is 1.25 bits per heavy atom. The maximum absolute atomic E-state index is 11.3. The predicted molar refractivity (Wildman–Crippen MR) is 58.8 cm³/mol. The number of amides is 3. The summed E-state index contributed by atoms with van der Waals surface area (Å²) in [6.45, 7) is 0.0484. The zero-order valence-electron chi connectivity index (χ0n) is 8.72. The number of rotatable bonds is 4. The fourth-order valence-electron chi connectivity index (χ4n) is 1.12. The van der Waals surface area contributed by atoms with Crippen LogP contribution in [0.5, 0.6) is 0 Å². The van der Waals surface area contributed by atoms with Crippen molar-refractivity contribution in [1.29, 1.82) is 0 Å². The van der Waals surface area contributed by atoms with Gasteiger partial charge in [-0.3, -0.25) is 9.80 Å². The first-order valence-corrected chi connectivity index (χ1v) is 4.72. The summed E-state index contributed by atoms with van der Waals surface area (Å²) in [7, 11) is 0. The second kappa shape index (κ2) is 5.72. The molecule has 0 aliphatic carbocycles. The first-order valence-electron chi connectivity index (χ1n) is 4.72. The molecule has 0 aliphatic rings. The summed E-state index contributed by atoms with van der Waals surface area (Å²) in [6.07, 6.45) is 0. The number of primary amides is 1. The van der Waals surface area contributed by atoms with Gasteiger partial charge in [-0.25, -0.2) is 10.6 Å². The summed E-state index contributed by atoms with van der Waals surface area (Å²) in [6, 6.07) is 8.73. The van der Waals surface area contributed by atoms with Gasteiger partial charge in [0.25, 0.3) is 0 Å². The lowest BCUT2D eigenvalue weighted by molar-refractivity contribution is -0.117. The normalized spacial score (nSPS) is 9.56. The van der Waals surface area contributed by atoms with E-state index in [1.807, 2.05) is 30.3 Å². The highest BCUT2D eigenvalue weighted by molar-refractivity contribution is 5.82. The lowest BCUT2D eigenvalue weighted by Gasteiger charge is -2.16. The average molecular weight is 222 g/mol. The van der Waals surface area contributed by atoms with Crippen LogP contribution in [0.15, 0.2) is 30.3 Å². The molecule has 5 N–H and O–H groups in total. The number of nitrogens with zero attached hydrogens (tertiary/aromatic N) is 1. The van der Waals surface area contributed by atoms with Gasteiger partial charge in [0, 0.05) is 0 Å². The van der Waals surface area contributed by atoms with Crippen molar-refractivity contribution in [3.63, 3.8) is 0 Å². The Kier molecular flexibility index (Phi) is 4.28. The van der Waals surface area contributed by atoms with Crippen LogP contribution in [0.3, 0.4) is 0 Å². The first-order chi connectivity index (χ1) is 7.59. The van der Waals surface area contributed by atoms with Crippen LogP contribution in [0, 0.1) is 0 Å². The first kappa shape index (κ1) is 12.0. The number of carbonyl (C=O) groups excluding carboxylic acids is 2. The number of carbonyl (C=O) groups is 2. The van der Waals surface area contributed by atoms with Gasteiger partial charge in [0.05, 0.1) is 13.1 Å². The molecule has 0 spiro atoms. The zero-order chi connectivity index (χ0) is 12.0. The third-order valence-electron chi connectivity index (χ3n) is 1.87. The SMILES string of the molecule is NC(=O)CNC(=O)N(N)Cc1ccccc1. The van der Waals surface area contributed by atoms with Crippen molar-refractivity contribution < 1.29 is 9.59 Å². The van der Waals surface area contributed by atoms with Gasteiger partial charge in [0.15, 0.2) is 0 Å². The van der Waals surface area contributed by atoms with Gasteiger partial charge < -0.3 is 11.1 Å². The van der Waals surface area contributed by atoms with Gasteiger partial charge in [-0.15, -0.1) is 0 Å². The van der Waals surface area contributed by atoms with Gasteiger partial charge >= 0.3 is 6.03 Å². The van der Waals surface area contributed by atoms with E-state index in [1.165, 1.54) is 0 Å². The molecule has 0 heterocycles. The van der Waals surface area contributed by atoms with E-state index in [-0.39, 0.29) is 13.1 Å². The largest absolute Gasteiger partial charge is 0.368 e. The number of urea groups is 1. The zero-order valence-corrected chi connectivity index (χ0v) is 8.72. The molecule has 3 amide bonds. The average Bonchev–Trinajstić information content (AvgIpc) is 2.27. The Morgan fingerprint density at radius 3 is 2.44 bits per heavy atom. The fraction of sp³-hybridized carbons (Fsp3) is 0.200. The molecule has 0 fully saturated rings. The molecule has 0 aliphatic heterocycles. The fourth-order valence-corrected chi connectivity index (χ4v) is 1.12. The van der Waals surface area contributed by atoms with E-state index >= 15 is 0 Å². The van der Waals surface area contributed by atoms with Crippen molar-refractivity contribution >= 4 is 11.9 Å². The highest BCUT2D eigenvalue weighted by atomic mass is 16.2. The maximum Gasteiger partial charge on any atom is 0.332 e. The van der Waals surface area contributed by atoms with Gasteiger partial charge in [0.2, 0.25) is 5.91 Å². The molecule has 0 radical (unpaired) electrons. The number of hydrogen-bond donors (Lipinski definition) is 3. The molecular weight excluding hydrogens is 208 g/mol. The molecule has 1 aromatic carbocycles. The van der Waals surface area contributed by atoms with E-state index in [0.29, 0.717) is 0 Å². The smallest absolute Gasteiger partial charge is 0.332 e. The van der Waals surface area contributed by atoms with Gasteiger partial charge in [0.1, 0.15) is 0 Å². The van der Waals surface area contributed by atoms with E-state index in [0.717, 1.165) is 10.6 Å². The molecule has 0 unspecified atom stereocenters. The topological polar surface area (TPSA) is 101 Å². The summed E-state index contributed by atoms with van der Waals surface area (Å²) < 4.78 is 0. The van der Waals surface area contributed by atoms with E-state index in [4.69, 9.17) is 11.6 Å². The van der Waals surface area contributed by atoms with E-state index < -0.39 is 11.9 Å². The highest BCUT2D eigenvalue weighted by Gasteiger charge is 2.09. The van der Waals surface area contributed by atoms with Crippen molar-refractivity contribution in [3.8, 4) is 0 Å². The molecule has 86 valence electrons. The summed E-state index contributed by atoms with van der Waals surface area (Å²) in [4.78, 5) is 21.8. The summed E-state index contributed by atoms with van der Waals surface area (Å²) >= 11 is 0. The Morgan fingerprint density at radius 2 is 1.88 bits per heavy atom. The van der Waals surface area contributed by atoms with Crippen LogP contribution >= 0.6 is 0 Å². The monoisotopic (exact) mass is 222 g/mol. The molecule has 0 aromatic heterocycles. The highest BCUT2D eigenvalue weighted by Crippen LogP contribution is 2.00. The second-order valence-electron chi connectivity index (χ2n) is 3.24. The Hall–Kier alpha value is -2.08. The van der Waals surface area contributed by atoms with Crippen molar-refractivity contribution in [1.82, 2.24) is 10.3 Å². The van der Waals surface area contributed by atoms with E-state index in [1.54, 1.807) is 0 Å². The van der Waals surface area contributed by atoms with Crippen molar-refractivity contribution in [2.45, 2.75) is 6.54 Å². The van der Waals surface area contributed by atoms with Crippen LogP contribution < -0.4 is 16.9 Å². The third-order valence-corrected chi connectivity index (χ3v) is 1.87. The van der Waals surface area contributed by atoms with Gasteiger partial charge in [-0.05, 0) is 5.56 Å². The number of nitrogens with one attached hydrogen (secondary N) is 1. The molecule has 6 nitrogen and oxygen atoms in total. The minimum Gasteiger partial charge on any atom is -0.368 e. The Balaban J connectivity index is 2.43. The van der Waals surface area contributed by atoms with E-state index in [2.05, 4.69) is 5.32 Å². The molecule has 1 rings (SSSR count). The maximum atomic E-state index is 11.3. The molecule has 0 atom stereocenters. The quantitative estimate of drug-likeness (QED) is 0.365. The van der Waals surface area contributed by atoms with Crippen LogP contribution in [0.4, 0.5) is 4.79 Å². The summed E-state index contributed by atoms with van der Waals surface area (Å²) in [5.74, 6) is 4.89. The minimum atomic E-state index is -0.610. The molecule has 16 heavy (non-hydrogen) atoms. The van der Waals surface area contributed by atoms with Gasteiger partial charge in [-0.1, -0.05) is 30.3 Å². The van der Waals surface area contributed by atoms with E-state index in [9.17, 15) is 9.59 Å². The molecule has 0 saturated heterocycles. The van der Waals surface area contributed by atoms with Crippen LogP contribution in [0.25, 0.3) is 0 Å². The summed E-state index contributed by atoms with van der Waals surface area (Å²) in [5, 5.41) is 3.27. The van der Waals surface area contributed by atoms with Crippen LogP contribution in [-0.2, 0) is 11.3 Å². The number of nitrogens with two attached hydrogens (primary N) is 2. The molecule has 0 saturated carbocycles. The Labute approximate surface area is 93.2 Å². The minimum absolute atomic E-state index is 0.221. The van der Waals surface area contributed by atoms with Crippen LogP contribution in [0.2, 0.25) is 0 Å². The number of hydrogen-bond acceptors (Lipinski definition) is 3. The van der Waals surface area contributed by atoms with Crippen molar-refractivity contribution in [2.75, 3.05) is 6.54 Å². The van der Waals surface area contributed by atoms with Crippen LogP contribution in [0.1, 0.15) is 5.56 Å². The number of benzene rings is 1. The second-order valence-corrected chi connectivity index (χ2v) is 3.24. The number of hydrazine groups is 1. The van der Waals surface area contributed by atoms with Crippen molar-refractivity contribution in [3.05, 3.63) is 35.9 Å². The standard InChI is InChI=1S/C10H14N4O2/c11-9(15)6-13-10(16)14(12)7-8-4-2-1-3-5-8/h1-5H,6-7,12H2,(H2,11,15)(H,13,16). The molecular formula is C10H14N4O2. The predicted octanol–water partition coefficient (Wildman–Crippen LogP) is -0.443. The summed E-state index contributed by atoms with van der Waals surface area (Å²) in [5.41, 5.74) is 5.78.